The first-order valence-electron chi connectivity index (χ1n) is 11.2. The summed E-state index contributed by atoms with van der Waals surface area (Å²) in [6.07, 6.45) is -0.745. The van der Waals surface area contributed by atoms with Crippen LogP contribution in [0.15, 0.2) is 66.9 Å². The summed E-state index contributed by atoms with van der Waals surface area (Å²) in [6, 6.07) is 19.6. The second-order valence-electron chi connectivity index (χ2n) is 8.48. The summed E-state index contributed by atoms with van der Waals surface area (Å²) in [4.78, 5) is 16.2. The minimum Gasteiger partial charge on any atom is -0.440 e. The number of amides is 1. The van der Waals surface area contributed by atoms with Crippen molar-refractivity contribution >= 4 is 34.3 Å². The van der Waals surface area contributed by atoms with Crippen molar-refractivity contribution in [2.75, 3.05) is 11.9 Å². The molecule has 1 saturated carbocycles. The Labute approximate surface area is 204 Å². The maximum absolute atomic E-state index is 12.3. The van der Waals surface area contributed by atoms with Gasteiger partial charge in [-0.25, -0.2) is 4.79 Å². The van der Waals surface area contributed by atoms with E-state index in [0.29, 0.717) is 6.04 Å². The van der Waals surface area contributed by atoms with E-state index in [2.05, 4.69) is 37.8 Å². The lowest BCUT2D eigenvalue weighted by Crippen LogP contribution is -2.23. The second-order valence-corrected chi connectivity index (χ2v) is 8.89. The Morgan fingerprint density at radius 1 is 1.09 bits per heavy atom. The first kappa shape index (κ1) is 23.2. The normalized spacial score (nSPS) is 14.1. The van der Waals surface area contributed by atoms with E-state index in [1.54, 1.807) is 24.4 Å². The van der Waals surface area contributed by atoms with E-state index in [4.69, 9.17) is 11.6 Å². The standard InChI is InChI=1S/C26H21ClF3N3O2/c27-20-12-17(9-10-22(20)32-25(34)35-15-26(28,29)30)24-14-18-8-7-16(21-6-1-2-11-31-21)13-23(18)33(24)19-4-3-5-19/h1-2,6-14,19H,3-5,15H2,(H,32,34). The summed E-state index contributed by atoms with van der Waals surface area (Å²) in [5.41, 5.74) is 5.02. The number of halogens is 4. The average Bonchev–Trinajstić information content (AvgIpc) is 3.16. The van der Waals surface area contributed by atoms with E-state index in [-0.39, 0.29) is 10.7 Å². The van der Waals surface area contributed by atoms with Gasteiger partial charge in [0.05, 0.1) is 16.4 Å². The Bertz CT molecular complexity index is 1380. The molecule has 1 amide bonds. The Balaban J connectivity index is 1.48. The van der Waals surface area contributed by atoms with Crippen molar-refractivity contribution in [3.63, 3.8) is 0 Å². The van der Waals surface area contributed by atoms with Crippen LogP contribution in [0.1, 0.15) is 25.3 Å². The van der Waals surface area contributed by atoms with Gasteiger partial charge in [0.1, 0.15) is 0 Å². The number of fused-ring (bicyclic) bond motifs is 1. The Kier molecular flexibility index (Phi) is 6.15. The SMILES string of the molecule is O=C(Nc1ccc(-c2cc3ccc(-c4ccccn4)cc3n2C2CCC2)cc1Cl)OCC(F)(F)F. The molecule has 4 aromatic rings. The Morgan fingerprint density at radius 2 is 1.89 bits per heavy atom. The molecule has 1 aliphatic rings. The van der Waals surface area contributed by atoms with Gasteiger partial charge in [0.2, 0.25) is 0 Å². The number of alkyl halides is 3. The van der Waals surface area contributed by atoms with E-state index in [9.17, 15) is 18.0 Å². The summed E-state index contributed by atoms with van der Waals surface area (Å²) in [7, 11) is 0. The van der Waals surface area contributed by atoms with E-state index >= 15 is 0 Å². The van der Waals surface area contributed by atoms with Crippen LogP contribution in [0.2, 0.25) is 5.02 Å². The van der Waals surface area contributed by atoms with Crippen molar-refractivity contribution in [3.05, 3.63) is 71.9 Å². The summed E-state index contributed by atoms with van der Waals surface area (Å²) in [6.45, 7) is -1.67. The third-order valence-corrected chi connectivity index (χ3v) is 6.42. The van der Waals surface area contributed by atoms with Crippen LogP contribution in [0.4, 0.5) is 23.7 Å². The number of carbonyl (C=O) groups is 1. The van der Waals surface area contributed by atoms with Crippen molar-refractivity contribution in [2.24, 2.45) is 0 Å². The van der Waals surface area contributed by atoms with Gasteiger partial charge in [-0.2, -0.15) is 13.2 Å². The maximum atomic E-state index is 12.3. The van der Waals surface area contributed by atoms with Crippen molar-refractivity contribution in [2.45, 2.75) is 31.5 Å². The van der Waals surface area contributed by atoms with Gasteiger partial charge < -0.3 is 9.30 Å². The second kappa shape index (κ2) is 9.26. The van der Waals surface area contributed by atoms with Gasteiger partial charge in [-0.05, 0) is 61.2 Å². The van der Waals surface area contributed by atoms with Crippen LogP contribution in [0.25, 0.3) is 33.4 Å². The van der Waals surface area contributed by atoms with Crippen LogP contribution >= 0.6 is 11.6 Å². The minimum atomic E-state index is -4.60. The molecule has 2 aromatic carbocycles. The molecule has 0 bridgehead atoms. The number of nitrogens with one attached hydrogen (secondary N) is 1. The molecule has 0 unspecified atom stereocenters. The molecule has 1 aliphatic carbocycles. The van der Waals surface area contributed by atoms with Gasteiger partial charge in [0, 0.05) is 34.4 Å². The van der Waals surface area contributed by atoms with E-state index in [1.807, 2.05) is 24.3 Å². The Morgan fingerprint density at radius 3 is 2.54 bits per heavy atom. The zero-order valence-electron chi connectivity index (χ0n) is 18.5. The average molecular weight is 500 g/mol. The molecule has 0 radical (unpaired) electrons. The summed E-state index contributed by atoms with van der Waals surface area (Å²) < 4.78 is 43.4. The zero-order valence-corrected chi connectivity index (χ0v) is 19.2. The number of hydrogen-bond acceptors (Lipinski definition) is 3. The van der Waals surface area contributed by atoms with Crippen molar-refractivity contribution in [1.82, 2.24) is 9.55 Å². The summed E-state index contributed by atoms with van der Waals surface area (Å²) in [5, 5.41) is 3.55. The zero-order chi connectivity index (χ0) is 24.6. The van der Waals surface area contributed by atoms with Crippen LogP contribution in [0, 0.1) is 0 Å². The van der Waals surface area contributed by atoms with Crippen molar-refractivity contribution < 1.29 is 22.7 Å². The predicted molar refractivity (Wildman–Crippen MR) is 130 cm³/mol. The van der Waals surface area contributed by atoms with E-state index < -0.39 is 18.9 Å². The Hall–Kier alpha value is -3.52. The number of hydrogen-bond donors (Lipinski definition) is 1. The monoisotopic (exact) mass is 499 g/mol. The molecule has 0 spiro atoms. The van der Waals surface area contributed by atoms with Gasteiger partial charge in [0.15, 0.2) is 6.61 Å². The molecule has 1 N–H and O–H groups in total. The first-order chi connectivity index (χ1) is 16.8. The molecule has 180 valence electrons. The number of ether oxygens (including phenoxy) is 1. The lowest BCUT2D eigenvalue weighted by atomic mass is 9.92. The van der Waals surface area contributed by atoms with Gasteiger partial charge in [-0.1, -0.05) is 35.9 Å². The van der Waals surface area contributed by atoms with Crippen LogP contribution in [0.5, 0.6) is 0 Å². The number of pyridine rings is 1. The van der Waals surface area contributed by atoms with Gasteiger partial charge in [0.25, 0.3) is 0 Å². The molecule has 2 aromatic heterocycles. The highest BCUT2D eigenvalue weighted by Crippen LogP contribution is 2.41. The van der Waals surface area contributed by atoms with Crippen LogP contribution in [0.3, 0.4) is 0 Å². The fourth-order valence-corrected chi connectivity index (χ4v) is 4.47. The van der Waals surface area contributed by atoms with E-state index in [1.165, 1.54) is 0 Å². The molecule has 0 aliphatic heterocycles. The van der Waals surface area contributed by atoms with E-state index in [0.717, 1.165) is 52.7 Å². The molecular weight excluding hydrogens is 479 g/mol. The number of anilines is 1. The maximum Gasteiger partial charge on any atom is 0.422 e. The third kappa shape index (κ3) is 4.98. The number of benzene rings is 2. The quantitative estimate of drug-likeness (QED) is 0.304. The molecule has 0 atom stereocenters. The van der Waals surface area contributed by atoms with Crippen LogP contribution in [-0.2, 0) is 4.74 Å². The third-order valence-electron chi connectivity index (χ3n) is 6.11. The number of rotatable bonds is 5. The van der Waals surface area contributed by atoms with Crippen LogP contribution < -0.4 is 5.32 Å². The van der Waals surface area contributed by atoms with Crippen LogP contribution in [-0.4, -0.2) is 28.4 Å². The summed E-state index contributed by atoms with van der Waals surface area (Å²) >= 11 is 6.39. The molecular formula is C26H21ClF3N3O2. The highest BCUT2D eigenvalue weighted by molar-refractivity contribution is 6.34. The van der Waals surface area contributed by atoms with Crippen molar-refractivity contribution in [1.29, 1.82) is 0 Å². The summed E-state index contributed by atoms with van der Waals surface area (Å²) in [5.74, 6) is 0. The minimum absolute atomic E-state index is 0.173. The largest absolute Gasteiger partial charge is 0.440 e. The molecule has 1 fully saturated rings. The fourth-order valence-electron chi connectivity index (χ4n) is 4.24. The molecule has 35 heavy (non-hydrogen) atoms. The first-order valence-corrected chi connectivity index (χ1v) is 11.5. The fraction of sp³-hybridized carbons (Fsp3) is 0.231. The smallest absolute Gasteiger partial charge is 0.422 e. The molecule has 0 saturated heterocycles. The molecule has 5 rings (SSSR count). The molecule has 5 nitrogen and oxygen atoms in total. The lowest BCUT2D eigenvalue weighted by Gasteiger charge is -2.30. The lowest BCUT2D eigenvalue weighted by molar-refractivity contribution is -0.159. The van der Waals surface area contributed by atoms with Gasteiger partial charge in [-0.15, -0.1) is 0 Å². The van der Waals surface area contributed by atoms with Gasteiger partial charge in [-0.3, -0.25) is 10.3 Å². The highest BCUT2D eigenvalue weighted by Gasteiger charge is 2.30. The number of nitrogens with zero attached hydrogens (tertiary/aromatic N) is 2. The predicted octanol–water partition coefficient (Wildman–Crippen LogP) is 7.86. The topological polar surface area (TPSA) is 56.2 Å². The van der Waals surface area contributed by atoms with Crippen molar-refractivity contribution in [3.8, 4) is 22.5 Å². The number of aromatic nitrogens is 2. The number of carbonyl (C=O) groups excluding carboxylic acids is 1. The molecule has 9 heteroatoms. The van der Waals surface area contributed by atoms with Gasteiger partial charge >= 0.3 is 12.3 Å². The highest BCUT2D eigenvalue weighted by atomic mass is 35.5. The molecule has 2 heterocycles.